The van der Waals surface area contributed by atoms with E-state index < -0.39 is 12.1 Å². The summed E-state index contributed by atoms with van der Waals surface area (Å²) in [5, 5.41) is 15.6. The summed E-state index contributed by atoms with van der Waals surface area (Å²) in [7, 11) is 0. The molecule has 1 aliphatic heterocycles. The quantitative estimate of drug-likeness (QED) is 0.759. The van der Waals surface area contributed by atoms with Gasteiger partial charge in [0.05, 0.1) is 6.04 Å². The molecule has 0 saturated carbocycles. The van der Waals surface area contributed by atoms with Crippen LogP contribution in [0.4, 0.5) is 4.79 Å². The Morgan fingerprint density at radius 2 is 1.79 bits per heavy atom. The molecule has 0 bridgehead atoms. The van der Waals surface area contributed by atoms with Gasteiger partial charge in [0.25, 0.3) is 0 Å². The van der Waals surface area contributed by atoms with Crippen molar-refractivity contribution in [2.45, 2.75) is 19.9 Å². The first-order valence-electron chi connectivity index (χ1n) is 7.65. The van der Waals surface area contributed by atoms with Crippen LogP contribution in [0.1, 0.15) is 34.5 Å². The van der Waals surface area contributed by atoms with E-state index in [0.29, 0.717) is 22.4 Å². The van der Waals surface area contributed by atoms with Gasteiger partial charge >= 0.3 is 6.03 Å². The van der Waals surface area contributed by atoms with Crippen LogP contribution in [-0.4, -0.2) is 16.9 Å². The van der Waals surface area contributed by atoms with Gasteiger partial charge in [0.15, 0.2) is 5.78 Å². The Morgan fingerprint density at radius 1 is 1.08 bits per heavy atom. The maximum Gasteiger partial charge on any atom is 0.319 e. The van der Waals surface area contributed by atoms with Gasteiger partial charge in [-0.25, -0.2) is 4.79 Å². The van der Waals surface area contributed by atoms with Crippen LogP contribution in [0.15, 0.2) is 59.8 Å². The van der Waals surface area contributed by atoms with Gasteiger partial charge in [0.1, 0.15) is 5.75 Å². The third kappa shape index (κ3) is 2.88. The summed E-state index contributed by atoms with van der Waals surface area (Å²) >= 11 is 0. The number of carbonyl (C=O) groups excluding carboxylic acids is 2. The molecular weight excluding hydrogens is 304 g/mol. The molecule has 0 radical (unpaired) electrons. The number of amides is 2. The van der Waals surface area contributed by atoms with Gasteiger partial charge in [-0.3, -0.25) is 4.79 Å². The molecule has 0 aliphatic carbocycles. The lowest BCUT2D eigenvalue weighted by atomic mass is 9.88. The van der Waals surface area contributed by atoms with Crippen LogP contribution in [0, 0.1) is 6.92 Å². The number of allylic oxidation sites excluding steroid dienone is 1. The molecule has 0 saturated heterocycles. The number of hydrogen-bond donors (Lipinski definition) is 3. The van der Waals surface area contributed by atoms with E-state index in [-0.39, 0.29) is 11.5 Å². The van der Waals surface area contributed by atoms with E-state index in [0.717, 1.165) is 5.56 Å². The highest BCUT2D eigenvalue weighted by atomic mass is 16.3. The average molecular weight is 322 g/mol. The second kappa shape index (κ2) is 6.20. The molecule has 5 heteroatoms. The lowest BCUT2D eigenvalue weighted by molar-refractivity contribution is 0.102. The van der Waals surface area contributed by atoms with E-state index in [2.05, 4.69) is 10.6 Å². The number of carbonyl (C=O) groups is 2. The molecule has 1 aliphatic rings. The highest BCUT2D eigenvalue weighted by Gasteiger charge is 2.33. The minimum atomic E-state index is -0.702. The fourth-order valence-corrected chi connectivity index (χ4v) is 2.88. The zero-order valence-corrected chi connectivity index (χ0v) is 13.5. The Bertz CT molecular complexity index is 841. The lowest BCUT2D eigenvalue weighted by Crippen LogP contribution is -2.45. The number of aryl methyl sites for hydroxylation is 1. The van der Waals surface area contributed by atoms with Crippen molar-refractivity contribution in [2.75, 3.05) is 0 Å². The maximum atomic E-state index is 13.0. The zero-order chi connectivity index (χ0) is 17.3. The molecule has 2 amide bonds. The molecule has 24 heavy (non-hydrogen) atoms. The van der Waals surface area contributed by atoms with Crippen molar-refractivity contribution >= 4 is 11.8 Å². The van der Waals surface area contributed by atoms with Crippen LogP contribution in [0.3, 0.4) is 0 Å². The minimum Gasteiger partial charge on any atom is -0.508 e. The summed E-state index contributed by atoms with van der Waals surface area (Å²) in [5.74, 6) is -0.148. The van der Waals surface area contributed by atoms with Crippen molar-refractivity contribution < 1.29 is 14.7 Å². The van der Waals surface area contributed by atoms with Gasteiger partial charge in [-0.1, -0.05) is 42.0 Å². The monoisotopic (exact) mass is 322 g/mol. The van der Waals surface area contributed by atoms with Crippen molar-refractivity contribution in [3.8, 4) is 5.75 Å². The standard InChI is InChI=1S/C19H18N2O3/c1-11-8-9-15(22)14(10-11)17-16(12(2)20-19(24)21-17)18(23)13-6-4-3-5-7-13/h3-10,17,22H,1-2H3,(H2,20,21,24)/t17-/m1/s1. The smallest absolute Gasteiger partial charge is 0.319 e. The second-order valence-electron chi connectivity index (χ2n) is 5.83. The molecule has 1 heterocycles. The Morgan fingerprint density at radius 3 is 2.50 bits per heavy atom. The predicted octanol–water partition coefficient (Wildman–Crippen LogP) is 3.21. The van der Waals surface area contributed by atoms with E-state index in [1.807, 2.05) is 13.0 Å². The number of phenolic OH excluding ortho intramolecular Hbond substituents is 1. The molecule has 0 aromatic heterocycles. The zero-order valence-electron chi connectivity index (χ0n) is 13.5. The van der Waals surface area contributed by atoms with Gasteiger partial charge < -0.3 is 15.7 Å². The van der Waals surface area contributed by atoms with E-state index in [4.69, 9.17) is 0 Å². The number of Topliss-reactive ketones (excluding diaryl/α,β-unsaturated/α-hetero) is 1. The van der Waals surface area contributed by atoms with Crippen LogP contribution in [-0.2, 0) is 0 Å². The fourth-order valence-electron chi connectivity index (χ4n) is 2.88. The normalized spacial score (nSPS) is 17.2. The maximum absolute atomic E-state index is 13.0. The summed E-state index contributed by atoms with van der Waals surface area (Å²) in [6.45, 7) is 3.58. The lowest BCUT2D eigenvalue weighted by Gasteiger charge is -2.29. The third-order valence-electron chi connectivity index (χ3n) is 4.04. The molecule has 0 spiro atoms. The largest absolute Gasteiger partial charge is 0.508 e. The first kappa shape index (κ1) is 15.8. The molecule has 2 aromatic rings. The van der Waals surface area contributed by atoms with Crippen LogP contribution in [0.25, 0.3) is 0 Å². The number of hydrogen-bond acceptors (Lipinski definition) is 3. The van der Waals surface area contributed by atoms with Gasteiger partial charge in [-0.05, 0) is 26.0 Å². The molecule has 122 valence electrons. The number of benzene rings is 2. The Hall–Kier alpha value is -3.08. The first-order chi connectivity index (χ1) is 11.5. The van der Waals surface area contributed by atoms with Crippen molar-refractivity contribution in [3.63, 3.8) is 0 Å². The number of nitrogens with one attached hydrogen (secondary N) is 2. The number of aromatic hydroxyl groups is 1. The number of urea groups is 1. The fraction of sp³-hybridized carbons (Fsp3) is 0.158. The molecule has 3 N–H and O–H groups in total. The summed E-state index contributed by atoms with van der Waals surface area (Å²) in [5.41, 5.74) is 2.87. The molecule has 5 nitrogen and oxygen atoms in total. The summed E-state index contributed by atoms with van der Waals surface area (Å²) < 4.78 is 0. The van der Waals surface area contributed by atoms with E-state index in [1.165, 1.54) is 0 Å². The molecule has 2 aromatic carbocycles. The highest BCUT2D eigenvalue weighted by Crippen LogP contribution is 2.34. The molecule has 0 fully saturated rings. The predicted molar refractivity (Wildman–Crippen MR) is 90.7 cm³/mol. The molecule has 3 rings (SSSR count). The van der Waals surface area contributed by atoms with Crippen LogP contribution in [0.2, 0.25) is 0 Å². The van der Waals surface area contributed by atoms with Gasteiger partial charge in [-0.15, -0.1) is 0 Å². The van der Waals surface area contributed by atoms with Crippen molar-refractivity contribution in [1.29, 1.82) is 0 Å². The van der Waals surface area contributed by atoms with Crippen LogP contribution >= 0.6 is 0 Å². The first-order valence-corrected chi connectivity index (χ1v) is 7.65. The SMILES string of the molecule is CC1=C(C(=O)c2ccccc2)[C@@H](c2cc(C)ccc2O)NC(=O)N1. The molecule has 0 unspecified atom stereocenters. The van der Waals surface area contributed by atoms with Crippen molar-refractivity contribution in [3.05, 3.63) is 76.5 Å². The molecule has 1 atom stereocenters. The van der Waals surface area contributed by atoms with E-state index >= 15 is 0 Å². The summed E-state index contributed by atoms with van der Waals surface area (Å²) in [6.07, 6.45) is 0. The topological polar surface area (TPSA) is 78.4 Å². The van der Waals surface area contributed by atoms with Crippen LogP contribution in [0.5, 0.6) is 5.75 Å². The van der Waals surface area contributed by atoms with E-state index in [1.54, 1.807) is 49.4 Å². The Balaban J connectivity index is 2.12. The third-order valence-corrected chi connectivity index (χ3v) is 4.04. The second-order valence-corrected chi connectivity index (χ2v) is 5.83. The highest BCUT2D eigenvalue weighted by molar-refractivity contribution is 6.11. The van der Waals surface area contributed by atoms with Crippen molar-refractivity contribution in [2.24, 2.45) is 0 Å². The van der Waals surface area contributed by atoms with Crippen LogP contribution < -0.4 is 10.6 Å². The van der Waals surface area contributed by atoms with E-state index in [9.17, 15) is 14.7 Å². The minimum absolute atomic E-state index is 0.0407. The number of rotatable bonds is 3. The van der Waals surface area contributed by atoms with Gasteiger partial charge in [0, 0.05) is 22.4 Å². The average Bonchev–Trinajstić information content (AvgIpc) is 2.56. The Kier molecular flexibility index (Phi) is 4.08. The Labute approximate surface area is 140 Å². The summed E-state index contributed by atoms with van der Waals surface area (Å²) in [6, 6.07) is 12.9. The molecular formula is C19H18N2O3. The number of ketones is 1. The van der Waals surface area contributed by atoms with Gasteiger partial charge in [0.2, 0.25) is 0 Å². The van der Waals surface area contributed by atoms with Gasteiger partial charge in [-0.2, -0.15) is 0 Å². The summed E-state index contributed by atoms with van der Waals surface area (Å²) in [4.78, 5) is 24.9. The number of phenols is 1. The van der Waals surface area contributed by atoms with Crippen molar-refractivity contribution in [1.82, 2.24) is 10.6 Å².